The first-order chi connectivity index (χ1) is 6.74. The van der Waals surface area contributed by atoms with Gasteiger partial charge in [0.1, 0.15) is 0 Å². The van der Waals surface area contributed by atoms with Crippen molar-refractivity contribution in [1.29, 1.82) is 0 Å². The minimum absolute atomic E-state index is 0.539. The minimum atomic E-state index is -0.539. The summed E-state index contributed by atoms with van der Waals surface area (Å²) < 4.78 is 0. The zero-order chi connectivity index (χ0) is 10.4. The summed E-state index contributed by atoms with van der Waals surface area (Å²) in [5.41, 5.74) is 0. The number of hydrogen-bond donors (Lipinski definition) is 2. The van der Waals surface area contributed by atoms with E-state index in [-0.39, 0.29) is 0 Å². The van der Waals surface area contributed by atoms with Crippen LogP contribution in [0.15, 0.2) is 12.7 Å². The molecular formula is C11H21NO2. The number of aliphatic hydroxyl groups excluding tert-OH is 2. The Bertz CT molecular complexity index is 163. The Morgan fingerprint density at radius 2 is 1.79 bits per heavy atom. The first-order valence-corrected chi connectivity index (χ1v) is 5.43. The Morgan fingerprint density at radius 1 is 1.14 bits per heavy atom. The largest absolute Gasteiger partial charge is 0.389 e. The number of allylic oxidation sites excluding steroid dienone is 1. The van der Waals surface area contributed by atoms with Gasteiger partial charge in [0.15, 0.2) is 0 Å². The van der Waals surface area contributed by atoms with Crippen LogP contribution in [0.5, 0.6) is 0 Å². The lowest BCUT2D eigenvalue weighted by atomic mass is 10.2. The van der Waals surface area contributed by atoms with Gasteiger partial charge in [-0.15, -0.1) is 6.58 Å². The molecule has 2 unspecified atom stereocenters. The fourth-order valence-electron chi connectivity index (χ4n) is 1.83. The normalized spacial score (nSPS) is 28.1. The van der Waals surface area contributed by atoms with Gasteiger partial charge in [-0.3, -0.25) is 4.90 Å². The first-order valence-electron chi connectivity index (χ1n) is 5.43. The minimum Gasteiger partial charge on any atom is -0.389 e. The van der Waals surface area contributed by atoms with Crippen molar-refractivity contribution in [2.24, 2.45) is 0 Å². The molecule has 2 N–H and O–H groups in total. The second-order valence-electron chi connectivity index (χ2n) is 4.03. The highest BCUT2D eigenvalue weighted by molar-refractivity contribution is 4.82. The van der Waals surface area contributed by atoms with Gasteiger partial charge in [-0.2, -0.15) is 0 Å². The molecule has 1 rings (SSSR count). The molecule has 1 aliphatic rings. The third kappa shape index (κ3) is 3.78. The van der Waals surface area contributed by atoms with E-state index >= 15 is 0 Å². The Kier molecular flexibility index (Phi) is 5.15. The van der Waals surface area contributed by atoms with Crippen LogP contribution < -0.4 is 0 Å². The molecule has 1 aliphatic heterocycles. The maximum absolute atomic E-state index is 9.30. The summed E-state index contributed by atoms with van der Waals surface area (Å²) in [5, 5.41) is 18.6. The molecule has 2 atom stereocenters. The van der Waals surface area contributed by atoms with Crippen molar-refractivity contribution in [2.75, 3.05) is 19.6 Å². The SMILES string of the molecule is C=CCCCCCN1CC(O)C(O)C1. The highest BCUT2D eigenvalue weighted by Crippen LogP contribution is 2.11. The molecule has 1 heterocycles. The first kappa shape index (κ1) is 11.7. The van der Waals surface area contributed by atoms with Crippen LogP contribution >= 0.6 is 0 Å². The van der Waals surface area contributed by atoms with Crippen molar-refractivity contribution in [2.45, 2.75) is 37.9 Å². The summed E-state index contributed by atoms with van der Waals surface area (Å²) in [7, 11) is 0. The average molecular weight is 199 g/mol. The van der Waals surface area contributed by atoms with E-state index in [4.69, 9.17) is 0 Å². The lowest BCUT2D eigenvalue weighted by molar-refractivity contribution is 0.0572. The van der Waals surface area contributed by atoms with E-state index in [9.17, 15) is 10.2 Å². The lowest BCUT2D eigenvalue weighted by Crippen LogP contribution is -2.23. The quantitative estimate of drug-likeness (QED) is 0.490. The molecule has 82 valence electrons. The summed E-state index contributed by atoms with van der Waals surface area (Å²) >= 11 is 0. The number of rotatable bonds is 6. The standard InChI is InChI=1S/C11H21NO2/c1-2-3-4-5-6-7-12-8-10(13)11(14)9-12/h2,10-11,13-14H,1,3-9H2. The zero-order valence-corrected chi connectivity index (χ0v) is 8.73. The van der Waals surface area contributed by atoms with E-state index in [1.54, 1.807) is 0 Å². The predicted molar refractivity (Wildman–Crippen MR) is 57.1 cm³/mol. The maximum atomic E-state index is 9.30. The molecule has 0 saturated carbocycles. The summed E-state index contributed by atoms with van der Waals surface area (Å²) in [4.78, 5) is 2.13. The third-order valence-corrected chi connectivity index (χ3v) is 2.72. The number of nitrogens with zero attached hydrogens (tertiary/aromatic N) is 1. The molecule has 0 amide bonds. The fourth-order valence-corrected chi connectivity index (χ4v) is 1.83. The molecule has 0 aromatic carbocycles. The second kappa shape index (κ2) is 6.17. The monoisotopic (exact) mass is 199 g/mol. The van der Waals surface area contributed by atoms with Gasteiger partial charge in [-0.1, -0.05) is 12.5 Å². The van der Waals surface area contributed by atoms with Gasteiger partial charge in [0.2, 0.25) is 0 Å². The van der Waals surface area contributed by atoms with Gasteiger partial charge in [-0.05, 0) is 25.8 Å². The van der Waals surface area contributed by atoms with Crippen LogP contribution in [0.4, 0.5) is 0 Å². The summed E-state index contributed by atoms with van der Waals surface area (Å²) in [6.07, 6.45) is 5.50. The van der Waals surface area contributed by atoms with Gasteiger partial charge in [-0.25, -0.2) is 0 Å². The van der Waals surface area contributed by atoms with Crippen molar-refractivity contribution in [3.8, 4) is 0 Å². The molecule has 3 heteroatoms. The van der Waals surface area contributed by atoms with E-state index in [1.165, 1.54) is 12.8 Å². The number of unbranched alkanes of at least 4 members (excludes halogenated alkanes) is 3. The molecule has 0 aromatic heterocycles. The highest BCUT2D eigenvalue weighted by Gasteiger charge is 2.28. The van der Waals surface area contributed by atoms with E-state index in [2.05, 4.69) is 11.5 Å². The molecular weight excluding hydrogens is 178 g/mol. The number of likely N-dealkylation sites (tertiary alicyclic amines) is 1. The van der Waals surface area contributed by atoms with E-state index < -0.39 is 12.2 Å². The van der Waals surface area contributed by atoms with Gasteiger partial charge in [0.05, 0.1) is 12.2 Å². The molecule has 1 fully saturated rings. The molecule has 0 aliphatic carbocycles. The van der Waals surface area contributed by atoms with Crippen molar-refractivity contribution >= 4 is 0 Å². The van der Waals surface area contributed by atoms with Crippen LogP contribution in [-0.4, -0.2) is 47.0 Å². The molecule has 0 aromatic rings. The second-order valence-corrected chi connectivity index (χ2v) is 4.03. The summed E-state index contributed by atoms with van der Waals surface area (Å²) in [5.74, 6) is 0. The van der Waals surface area contributed by atoms with E-state index in [0.29, 0.717) is 13.1 Å². The van der Waals surface area contributed by atoms with E-state index in [1.807, 2.05) is 6.08 Å². The lowest BCUT2D eigenvalue weighted by Gasteiger charge is -2.13. The van der Waals surface area contributed by atoms with Crippen molar-refractivity contribution in [3.63, 3.8) is 0 Å². The van der Waals surface area contributed by atoms with Gasteiger partial charge in [0, 0.05) is 13.1 Å². The average Bonchev–Trinajstić information content (AvgIpc) is 2.46. The molecule has 3 nitrogen and oxygen atoms in total. The molecule has 1 saturated heterocycles. The third-order valence-electron chi connectivity index (χ3n) is 2.72. The summed E-state index contributed by atoms with van der Waals surface area (Å²) in [6, 6.07) is 0. The van der Waals surface area contributed by atoms with Crippen LogP contribution in [0.25, 0.3) is 0 Å². The molecule has 14 heavy (non-hydrogen) atoms. The number of hydrogen-bond acceptors (Lipinski definition) is 3. The topological polar surface area (TPSA) is 43.7 Å². The van der Waals surface area contributed by atoms with Crippen molar-refractivity contribution < 1.29 is 10.2 Å². The maximum Gasteiger partial charge on any atom is 0.0938 e. The van der Waals surface area contributed by atoms with Crippen LogP contribution in [0, 0.1) is 0 Å². The van der Waals surface area contributed by atoms with Crippen molar-refractivity contribution in [3.05, 3.63) is 12.7 Å². The molecule has 0 radical (unpaired) electrons. The predicted octanol–water partition coefficient (Wildman–Crippen LogP) is 0.770. The van der Waals surface area contributed by atoms with Gasteiger partial charge >= 0.3 is 0 Å². The van der Waals surface area contributed by atoms with Gasteiger partial charge < -0.3 is 10.2 Å². The zero-order valence-electron chi connectivity index (χ0n) is 8.73. The van der Waals surface area contributed by atoms with Crippen LogP contribution in [-0.2, 0) is 0 Å². The number of β-amino-alcohol motifs (C(OH)–C–C–N with tert-alkyl or cyclic N) is 2. The van der Waals surface area contributed by atoms with Crippen LogP contribution in [0.3, 0.4) is 0 Å². The van der Waals surface area contributed by atoms with Gasteiger partial charge in [0.25, 0.3) is 0 Å². The summed E-state index contributed by atoms with van der Waals surface area (Å²) in [6.45, 7) is 5.93. The van der Waals surface area contributed by atoms with Crippen molar-refractivity contribution in [1.82, 2.24) is 4.90 Å². The fraction of sp³-hybridized carbons (Fsp3) is 0.818. The van der Waals surface area contributed by atoms with Crippen LogP contribution in [0.2, 0.25) is 0 Å². The van der Waals surface area contributed by atoms with Crippen LogP contribution in [0.1, 0.15) is 25.7 Å². The molecule has 0 spiro atoms. The Morgan fingerprint density at radius 3 is 2.36 bits per heavy atom. The Balaban J connectivity index is 2.00. The Labute approximate surface area is 86.0 Å². The van der Waals surface area contributed by atoms with E-state index in [0.717, 1.165) is 19.4 Å². The smallest absolute Gasteiger partial charge is 0.0938 e. The Hall–Kier alpha value is -0.380. The molecule has 0 bridgehead atoms. The highest BCUT2D eigenvalue weighted by atomic mass is 16.3. The number of aliphatic hydroxyl groups is 2.